The SMILES string of the molecule is COCCOC(=O)C1=C(C)N=C2SC=C(CC(=O)NCC(C)C)N2C1c1cccc(Oc2ccccc2)c1. The average Bonchev–Trinajstić information content (AvgIpc) is 3.29. The number of fused-ring (bicyclic) bond motifs is 1. The Morgan fingerprint density at radius 2 is 1.84 bits per heavy atom. The number of carbonyl (C=O) groups is 2. The largest absolute Gasteiger partial charge is 0.460 e. The van der Waals surface area contributed by atoms with Crippen molar-refractivity contribution in [1.82, 2.24) is 10.2 Å². The minimum atomic E-state index is -0.545. The predicted molar refractivity (Wildman–Crippen MR) is 149 cm³/mol. The third-order valence-corrected chi connectivity index (χ3v) is 6.83. The first-order valence-electron chi connectivity index (χ1n) is 12.6. The molecule has 0 radical (unpaired) electrons. The van der Waals surface area contributed by atoms with Crippen molar-refractivity contribution < 1.29 is 23.8 Å². The number of thioether (sulfide) groups is 1. The minimum absolute atomic E-state index is 0.0813. The van der Waals surface area contributed by atoms with Gasteiger partial charge in [-0.1, -0.05) is 55.9 Å². The smallest absolute Gasteiger partial charge is 0.338 e. The Morgan fingerprint density at radius 3 is 2.58 bits per heavy atom. The van der Waals surface area contributed by atoms with Gasteiger partial charge in [-0.2, -0.15) is 0 Å². The van der Waals surface area contributed by atoms with Crippen LogP contribution in [0.15, 0.2) is 82.0 Å². The van der Waals surface area contributed by atoms with Gasteiger partial charge in [-0.3, -0.25) is 4.79 Å². The average molecular weight is 536 g/mol. The quantitative estimate of drug-likeness (QED) is 0.304. The topological polar surface area (TPSA) is 89.5 Å². The van der Waals surface area contributed by atoms with E-state index in [1.807, 2.05) is 71.8 Å². The molecule has 8 nitrogen and oxygen atoms in total. The van der Waals surface area contributed by atoms with Crippen molar-refractivity contribution in [3.8, 4) is 11.5 Å². The van der Waals surface area contributed by atoms with Gasteiger partial charge in [0.1, 0.15) is 18.1 Å². The highest BCUT2D eigenvalue weighted by atomic mass is 32.2. The van der Waals surface area contributed by atoms with Crippen molar-refractivity contribution >= 4 is 28.8 Å². The summed E-state index contributed by atoms with van der Waals surface area (Å²) in [6.45, 7) is 6.92. The molecule has 0 saturated heterocycles. The van der Waals surface area contributed by atoms with Gasteiger partial charge >= 0.3 is 5.97 Å². The minimum Gasteiger partial charge on any atom is -0.460 e. The second-order valence-corrected chi connectivity index (χ2v) is 10.2. The number of hydrogen-bond donors (Lipinski definition) is 1. The molecular formula is C29H33N3O5S. The number of nitrogens with one attached hydrogen (secondary N) is 1. The van der Waals surface area contributed by atoms with Crippen molar-refractivity contribution in [2.45, 2.75) is 33.2 Å². The van der Waals surface area contributed by atoms with E-state index >= 15 is 0 Å². The molecule has 38 heavy (non-hydrogen) atoms. The van der Waals surface area contributed by atoms with Crippen molar-refractivity contribution in [3.63, 3.8) is 0 Å². The normalized spacial score (nSPS) is 16.7. The van der Waals surface area contributed by atoms with Crippen LogP contribution in [0.5, 0.6) is 11.5 Å². The van der Waals surface area contributed by atoms with E-state index in [2.05, 4.69) is 19.2 Å². The lowest BCUT2D eigenvalue weighted by Crippen LogP contribution is -2.38. The molecule has 1 atom stereocenters. The van der Waals surface area contributed by atoms with Gasteiger partial charge in [-0.15, -0.1) is 0 Å². The number of amides is 1. The first kappa shape index (κ1) is 27.5. The summed E-state index contributed by atoms with van der Waals surface area (Å²) >= 11 is 1.44. The van der Waals surface area contributed by atoms with Crippen LogP contribution in [-0.4, -0.2) is 48.8 Å². The monoisotopic (exact) mass is 535 g/mol. The zero-order chi connectivity index (χ0) is 27.1. The number of carbonyl (C=O) groups excluding carboxylic acids is 2. The van der Waals surface area contributed by atoms with Gasteiger partial charge in [0.25, 0.3) is 0 Å². The molecule has 2 aromatic rings. The summed E-state index contributed by atoms with van der Waals surface area (Å²) in [6.07, 6.45) is 0.167. The van der Waals surface area contributed by atoms with Gasteiger partial charge in [0.2, 0.25) is 5.91 Å². The molecule has 0 aromatic heterocycles. The third-order valence-electron chi connectivity index (χ3n) is 5.94. The molecule has 0 aliphatic carbocycles. The fourth-order valence-electron chi connectivity index (χ4n) is 4.16. The molecule has 9 heteroatoms. The molecule has 0 saturated carbocycles. The van der Waals surface area contributed by atoms with Gasteiger partial charge < -0.3 is 24.4 Å². The second-order valence-electron chi connectivity index (χ2n) is 9.38. The van der Waals surface area contributed by atoms with Crippen LogP contribution in [0, 0.1) is 5.92 Å². The summed E-state index contributed by atoms with van der Waals surface area (Å²) in [5.41, 5.74) is 2.58. The van der Waals surface area contributed by atoms with Crippen molar-refractivity contribution in [2.75, 3.05) is 26.9 Å². The van der Waals surface area contributed by atoms with Crippen molar-refractivity contribution in [1.29, 1.82) is 0 Å². The fourth-order valence-corrected chi connectivity index (χ4v) is 5.12. The predicted octanol–water partition coefficient (Wildman–Crippen LogP) is 5.41. The molecule has 2 aromatic carbocycles. The van der Waals surface area contributed by atoms with Gasteiger partial charge in [0.15, 0.2) is 5.17 Å². The molecule has 1 N–H and O–H groups in total. The Balaban J connectivity index is 1.69. The molecule has 1 unspecified atom stereocenters. The Morgan fingerprint density at radius 1 is 1.08 bits per heavy atom. The number of ether oxygens (including phenoxy) is 3. The first-order chi connectivity index (χ1) is 18.4. The number of methoxy groups -OCH3 is 1. The number of amidine groups is 1. The summed E-state index contributed by atoms with van der Waals surface area (Å²) in [7, 11) is 1.55. The summed E-state index contributed by atoms with van der Waals surface area (Å²) in [5.74, 6) is 1.14. The summed E-state index contributed by atoms with van der Waals surface area (Å²) in [4.78, 5) is 32.8. The molecule has 0 bridgehead atoms. The third kappa shape index (κ3) is 6.65. The van der Waals surface area contributed by atoms with Crippen LogP contribution in [0.1, 0.15) is 38.8 Å². The fraction of sp³-hybridized carbons (Fsp3) is 0.345. The van der Waals surface area contributed by atoms with E-state index in [1.54, 1.807) is 7.11 Å². The number of esters is 1. The van der Waals surface area contributed by atoms with Crippen LogP contribution < -0.4 is 10.1 Å². The number of rotatable bonds is 11. The lowest BCUT2D eigenvalue weighted by atomic mass is 9.93. The lowest BCUT2D eigenvalue weighted by Gasteiger charge is -2.36. The number of benzene rings is 2. The van der Waals surface area contributed by atoms with Gasteiger partial charge in [-0.25, -0.2) is 9.79 Å². The lowest BCUT2D eigenvalue weighted by molar-refractivity contribution is -0.141. The molecule has 1 amide bonds. The van der Waals surface area contributed by atoms with E-state index in [1.165, 1.54) is 11.8 Å². The van der Waals surface area contributed by atoms with Crippen LogP contribution in [0.2, 0.25) is 0 Å². The van der Waals surface area contributed by atoms with E-state index in [0.717, 1.165) is 11.3 Å². The molecule has 0 fully saturated rings. The molecule has 2 heterocycles. The zero-order valence-electron chi connectivity index (χ0n) is 22.1. The Bertz CT molecular complexity index is 1260. The Hall–Kier alpha value is -3.56. The molecule has 0 spiro atoms. The maximum atomic E-state index is 13.4. The Kier molecular flexibility index (Phi) is 9.25. The number of aliphatic imine (C=N–C) groups is 1. The number of nitrogens with zero attached hydrogens (tertiary/aromatic N) is 2. The molecule has 200 valence electrons. The summed E-state index contributed by atoms with van der Waals surface area (Å²) < 4.78 is 16.7. The van der Waals surface area contributed by atoms with E-state index in [0.29, 0.717) is 47.0 Å². The highest BCUT2D eigenvalue weighted by Crippen LogP contribution is 2.45. The highest BCUT2D eigenvalue weighted by Gasteiger charge is 2.41. The van der Waals surface area contributed by atoms with Crippen molar-refractivity contribution in [3.05, 3.63) is 82.5 Å². The number of hydrogen-bond acceptors (Lipinski definition) is 8. The zero-order valence-corrected chi connectivity index (χ0v) is 22.9. The van der Waals surface area contributed by atoms with Gasteiger partial charge in [-0.05, 0) is 48.1 Å². The number of para-hydroxylation sites is 1. The summed E-state index contributed by atoms with van der Waals surface area (Å²) in [6, 6.07) is 16.6. The highest BCUT2D eigenvalue weighted by molar-refractivity contribution is 8.16. The van der Waals surface area contributed by atoms with Crippen LogP contribution in [-0.2, 0) is 19.1 Å². The maximum absolute atomic E-state index is 13.4. The number of allylic oxidation sites excluding steroid dienone is 1. The van der Waals surface area contributed by atoms with E-state index in [-0.39, 0.29) is 18.9 Å². The van der Waals surface area contributed by atoms with Crippen LogP contribution in [0.4, 0.5) is 0 Å². The standard InChI is InChI=1S/C29H33N3O5S/c1-19(2)17-30-25(33)16-22-18-38-29-31-20(3)26(28(34)36-14-13-35-4)27(32(22)29)21-9-8-12-24(15-21)37-23-10-6-5-7-11-23/h5-12,15,18-19,27H,13-14,16-17H2,1-4H3,(H,30,33). The molecular weight excluding hydrogens is 502 g/mol. The van der Waals surface area contributed by atoms with Crippen molar-refractivity contribution in [2.24, 2.45) is 10.9 Å². The maximum Gasteiger partial charge on any atom is 0.338 e. The first-order valence-corrected chi connectivity index (χ1v) is 13.5. The van der Waals surface area contributed by atoms with Gasteiger partial charge in [0.05, 0.1) is 30.3 Å². The molecule has 2 aliphatic heterocycles. The van der Waals surface area contributed by atoms with Crippen LogP contribution in [0.25, 0.3) is 0 Å². The van der Waals surface area contributed by atoms with Gasteiger partial charge in [0, 0.05) is 19.4 Å². The Labute approximate surface area is 227 Å². The van der Waals surface area contributed by atoms with Crippen LogP contribution in [0.3, 0.4) is 0 Å². The second kappa shape index (κ2) is 12.8. The molecule has 2 aliphatic rings. The van der Waals surface area contributed by atoms with E-state index in [9.17, 15) is 9.59 Å². The van der Waals surface area contributed by atoms with E-state index in [4.69, 9.17) is 19.2 Å². The van der Waals surface area contributed by atoms with E-state index < -0.39 is 12.0 Å². The van der Waals surface area contributed by atoms with Crippen LogP contribution >= 0.6 is 11.8 Å². The summed E-state index contributed by atoms with van der Waals surface area (Å²) in [5, 5.41) is 5.62. The molecule has 4 rings (SSSR count).